The van der Waals surface area contributed by atoms with Crippen LogP contribution in [0.2, 0.25) is 0 Å². The first-order valence-corrected chi connectivity index (χ1v) is 13.7. The molecule has 0 aliphatic heterocycles. The number of carbonyl (C=O) groups excluding carboxylic acids is 3. The topological polar surface area (TPSA) is 132 Å². The van der Waals surface area contributed by atoms with Gasteiger partial charge in [-0.3, -0.25) is 24.0 Å². The Morgan fingerprint density at radius 1 is 1.09 bits per heavy atom. The predicted molar refractivity (Wildman–Crippen MR) is 149 cm³/mol. The van der Waals surface area contributed by atoms with E-state index in [0.717, 1.165) is 41.9 Å². The molecule has 43 heavy (non-hydrogen) atoms. The third-order valence-electron chi connectivity index (χ3n) is 7.99. The van der Waals surface area contributed by atoms with Crippen LogP contribution in [-0.4, -0.2) is 39.5 Å². The maximum absolute atomic E-state index is 14.5. The fourth-order valence-electron chi connectivity index (χ4n) is 6.00. The Morgan fingerprint density at radius 2 is 1.86 bits per heavy atom. The molecule has 1 fully saturated rings. The van der Waals surface area contributed by atoms with Crippen molar-refractivity contribution in [3.05, 3.63) is 106 Å². The molecule has 3 amide bonds. The molecule has 2 aromatic carbocycles. The lowest BCUT2D eigenvalue weighted by molar-refractivity contribution is -0.122. The molecule has 9 nitrogen and oxygen atoms in total. The van der Waals surface area contributed by atoms with Gasteiger partial charge in [0.05, 0.1) is 17.3 Å². The van der Waals surface area contributed by atoms with Crippen LogP contribution in [0.4, 0.5) is 13.2 Å². The molecule has 2 aliphatic carbocycles. The van der Waals surface area contributed by atoms with Gasteiger partial charge in [0, 0.05) is 36.1 Å². The number of pyridine rings is 1. The zero-order chi connectivity index (χ0) is 30.4. The quantitative estimate of drug-likeness (QED) is 0.275. The Kier molecular flexibility index (Phi) is 7.20. The second-order valence-electron chi connectivity index (χ2n) is 10.8. The van der Waals surface area contributed by atoms with E-state index in [1.807, 2.05) is 0 Å². The summed E-state index contributed by atoms with van der Waals surface area (Å²) in [5, 5.41) is 9.65. The number of rotatable bonds is 9. The molecule has 220 valence electrons. The molecule has 1 saturated carbocycles. The van der Waals surface area contributed by atoms with Gasteiger partial charge in [-0.1, -0.05) is 12.1 Å². The molecule has 2 heterocycles. The highest BCUT2D eigenvalue weighted by Crippen LogP contribution is 2.57. The van der Waals surface area contributed by atoms with Gasteiger partial charge in [-0.15, -0.1) is 0 Å². The molecule has 2 aromatic heterocycles. The van der Waals surface area contributed by atoms with Crippen LogP contribution < -0.4 is 16.4 Å². The van der Waals surface area contributed by atoms with Crippen LogP contribution in [-0.2, 0) is 24.2 Å². The number of benzene rings is 2. The number of nitrogens with zero attached hydrogens (tertiary/aromatic N) is 3. The smallest absolute Gasteiger partial charge is 0.269 e. The van der Waals surface area contributed by atoms with Crippen molar-refractivity contribution in [1.82, 2.24) is 25.4 Å². The molecule has 4 N–H and O–H groups in total. The van der Waals surface area contributed by atoms with Crippen molar-refractivity contribution in [2.24, 2.45) is 11.7 Å². The van der Waals surface area contributed by atoms with E-state index >= 15 is 0 Å². The number of hydrogen-bond donors (Lipinski definition) is 3. The first-order chi connectivity index (χ1) is 20.6. The van der Waals surface area contributed by atoms with Gasteiger partial charge in [0.25, 0.3) is 11.8 Å². The van der Waals surface area contributed by atoms with Gasteiger partial charge in [-0.05, 0) is 72.6 Å². The molecule has 12 heteroatoms. The molecule has 0 spiro atoms. The van der Waals surface area contributed by atoms with Crippen molar-refractivity contribution in [3.63, 3.8) is 0 Å². The van der Waals surface area contributed by atoms with Gasteiger partial charge >= 0.3 is 0 Å². The highest BCUT2D eigenvalue weighted by atomic mass is 19.1. The van der Waals surface area contributed by atoms with E-state index in [1.54, 1.807) is 12.1 Å². The van der Waals surface area contributed by atoms with Crippen LogP contribution in [0.15, 0.2) is 54.7 Å². The summed E-state index contributed by atoms with van der Waals surface area (Å²) in [7, 11) is 1.39. The Balaban J connectivity index is 1.36. The summed E-state index contributed by atoms with van der Waals surface area (Å²) < 4.78 is 44.2. The molecule has 2 aliphatic rings. The van der Waals surface area contributed by atoms with Crippen LogP contribution in [0.25, 0.3) is 11.1 Å². The van der Waals surface area contributed by atoms with Crippen LogP contribution in [0.1, 0.15) is 61.7 Å². The lowest BCUT2D eigenvalue weighted by atomic mass is 9.94. The van der Waals surface area contributed by atoms with Gasteiger partial charge in [-0.25, -0.2) is 13.2 Å². The molecule has 0 saturated heterocycles. The Labute approximate surface area is 244 Å². The van der Waals surface area contributed by atoms with Crippen molar-refractivity contribution < 1.29 is 27.6 Å². The molecular formula is C31H27F3N6O3. The number of nitrogens with one attached hydrogen (secondary N) is 2. The average molecular weight is 589 g/mol. The summed E-state index contributed by atoms with van der Waals surface area (Å²) in [5.74, 6) is -3.37. The van der Waals surface area contributed by atoms with E-state index in [1.165, 1.54) is 30.1 Å². The van der Waals surface area contributed by atoms with Crippen LogP contribution in [0, 0.1) is 23.4 Å². The number of aromatic nitrogens is 3. The van der Waals surface area contributed by atoms with Crippen molar-refractivity contribution in [3.8, 4) is 11.1 Å². The summed E-state index contributed by atoms with van der Waals surface area (Å²) in [5.41, 5.74) is 8.70. The number of hydrogen-bond acceptors (Lipinski definition) is 5. The summed E-state index contributed by atoms with van der Waals surface area (Å²) in [4.78, 5) is 42.3. The minimum atomic E-state index is -0.897. The second kappa shape index (κ2) is 11.0. The minimum absolute atomic E-state index is 0.0399. The average Bonchev–Trinajstić information content (AvgIpc) is 3.49. The fraction of sp³-hybridized carbons (Fsp3) is 0.258. The van der Waals surface area contributed by atoms with Crippen LogP contribution in [0.3, 0.4) is 0 Å². The zero-order valence-electron chi connectivity index (χ0n) is 23.0. The summed E-state index contributed by atoms with van der Waals surface area (Å²) in [6.45, 7) is -0.220. The third-order valence-corrected chi connectivity index (χ3v) is 7.99. The Morgan fingerprint density at radius 3 is 2.58 bits per heavy atom. The fourth-order valence-corrected chi connectivity index (χ4v) is 6.00. The highest BCUT2D eigenvalue weighted by Gasteiger charge is 2.50. The maximum Gasteiger partial charge on any atom is 0.269 e. The van der Waals surface area contributed by atoms with E-state index in [9.17, 15) is 27.6 Å². The van der Waals surface area contributed by atoms with E-state index in [4.69, 9.17) is 5.73 Å². The van der Waals surface area contributed by atoms with E-state index < -0.39 is 41.2 Å². The van der Waals surface area contributed by atoms with Crippen molar-refractivity contribution >= 4 is 17.7 Å². The van der Waals surface area contributed by atoms with Gasteiger partial charge < -0.3 is 16.4 Å². The molecule has 6 rings (SSSR count). The first-order valence-electron chi connectivity index (χ1n) is 13.7. The lowest BCUT2D eigenvalue weighted by Crippen LogP contribution is -2.34. The van der Waals surface area contributed by atoms with E-state index in [0.29, 0.717) is 29.2 Å². The van der Waals surface area contributed by atoms with Gasteiger partial charge in [0.2, 0.25) is 5.91 Å². The standard InChI is InChI=1S/C31H27F3N6O3/c1-36-31(43)22-10-16(4-5-23(22)34)20-3-2-6-37-28(20)24(9-15-7-18(32)13-19(33)8-15)38-26(41)14-40-25-12-17-11-21(17)27(25)29(39-40)30(35)42/h2-8,10,13,17,21,24H,9,11-12,14H2,1H3,(H2,35,42)(H,36,43)(H,38,41)/t17?,21?,24-/m0/s1. The Hall–Kier alpha value is -5.00. The van der Waals surface area contributed by atoms with Gasteiger partial charge in [0.15, 0.2) is 5.69 Å². The number of halogens is 3. The molecule has 0 bridgehead atoms. The summed E-state index contributed by atoms with van der Waals surface area (Å²) in [6, 6.07) is 9.53. The van der Waals surface area contributed by atoms with E-state index in [-0.39, 0.29) is 35.7 Å². The molecule has 4 aromatic rings. The SMILES string of the molecule is CNC(=O)c1cc(-c2cccnc2[C@H](Cc2cc(F)cc(F)c2)NC(=O)Cn2nc(C(N)=O)c3c2CC2CC32)ccc1F. The molecule has 3 atom stereocenters. The van der Waals surface area contributed by atoms with Crippen LogP contribution in [0.5, 0.6) is 0 Å². The number of primary amides is 1. The highest BCUT2D eigenvalue weighted by molar-refractivity contribution is 5.95. The van der Waals surface area contributed by atoms with Crippen molar-refractivity contribution in [2.45, 2.75) is 37.8 Å². The molecular weight excluding hydrogens is 561 g/mol. The molecule has 2 unspecified atom stereocenters. The summed E-state index contributed by atoms with van der Waals surface area (Å²) >= 11 is 0. The van der Waals surface area contributed by atoms with Crippen LogP contribution >= 0.6 is 0 Å². The maximum atomic E-state index is 14.5. The normalized spacial score (nSPS) is 17.1. The lowest BCUT2D eigenvalue weighted by Gasteiger charge is -2.22. The minimum Gasteiger partial charge on any atom is -0.364 e. The van der Waals surface area contributed by atoms with Crippen molar-refractivity contribution in [1.29, 1.82) is 0 Å². The van der Waals surface area contributed by atoms with Gasteiger partial charge in [-0.2, -0.15) is 5.10 Å². The second-order valence-corrected chi connectivity index (χ2v) is 10.8. The zero-order valence-corrected chi connectivity index (χ0v) is 23.0. The number of carbonyl (C=O) groups is 3. The largest absolute Gasteiger partial charge is 0.364 e. The van der Waals surface area contributed by atoms with Crippen molar-refractivity contribution in [2.75, 3.05) is 7.05 Å². The number of nitrogens with two attached hydrogens (primary N) is 1. The third kappa shape index (κ3) is 5.47. The predicted octanol–water partition coefficient (Wildman–Crippen LogP) is 3.58. The number of fused-ring (bicyclic) bond motifs is 3. The summed E-state index contributed by atoms with van der Waals surface area (Å²) in [6.07, 6.45) is 3.12. The number of amides is 3. The monoisotopic (exact) mass is 588 g/mol. The Bertz CT molecular complexity index is 1770. The van der Waals surface area contributed by atoms with E-state index in [2.05, 4.69) is 20.7 Å². The van der Waals surface area contributed by atoms with Gasteiger partial charge in [0.1, 0.15) is 24.0 Å². The first kappa shape index (κ1) is 28.1. The molecule has 0 radical (unpaired) electrons.